The van der Waals surface area contributed by atoms with Crippen LogP contribution < -0.4 is 10.5 Å². The van der Waals surface area contributed by atoms with E-state index in [1.54, 1.807) is 18.3 Å². The molecule has 184 valence electrons. The van der Waals surface area contributed by atoms with Crippen LogP contribution in [-0.2, 0) is 17.4 Å². The molecule has 2 atom stereocenters. The van der Waals surface area contributed by atoms with Crippen LogP contribution in [0, 0.1) is 0 Å². The van der Waals surface area contributed by atoms with Gasteiger partial charge < -0.3 is 9.80 Å². The van der Waals surface area contributed by atoms with Gasteiger partial charge in [0, 0.05) is 50.2 Å². The second-order valence-electron chi connectivity index (χ2n) is 8.97. The fourth-order valence-electron chi connectivity index (χ4n) is 5.03. The quantitative estimate of drug-likeness (QED) is 0.533. The van der Waals surface area contributed by atoms with Crippen LogP contribution in [0.15, 0.2) is 35.5 Å². The molecular weight excluding hydrogens is 463 g/mol. The Morgan fingerprint density at radius 2 is 1.80 bits per heavy atom. The maximum atomic E-state index is 13.0. The summed E-state index contributed by atoms with van der Waals surface area (Å²) in [6.45, 7) is 1.01. The lowest BCUT2D eigenvalue weighted by Gasteiger charge is -2.41. The predicted octanol–water partition coefficient (Wildman–Crippen LogP) is 2.72. The Morgan fingerprint density at radius 1 is 1.09 bits per heavy atom. The fourth-order valence-corrected chi connectivity index (χ4v) is 5.03. The molecule has 0 aromatic carbocycles. The van der Waals surface area contributed by atoms with Crippen LogP contribution in [0.25, 0.3) is 10.9 Å². The molecule has 3 aromatic heterocycles. The molecule has 12 heteroatoms. The van der Waals surface area contributed by atoms with Gasteiger partial charge in [-0.2, -0.15) is 18.3 Å². The van der Waals surface area contributed by atoms with Crippen LogP contribution in [0.4, 0.5) is 19.1 Å². The number of hydrogen-bond acceptors (Lipinski definition) is 7. The third-order valence-corrected chi connectivity index (χ3v) is 6.69. The first kappa shape index (κ1) is 23.2. The van der Waals surface area contributed by atoms with Crippen molar-refractivity contribution in [1.29, 1.82) is 0 Å². The number of aromatic amines is 1. The predicted molar refractivity (Wildman–Crippen MR) is 121 cm³/mol. The summed E-state index contributed by atoms with van der Waals surface area (Å²) in [7, 11) is 0. The van der Waals surface area contributed by atoms with E-state index in [0.717, 1.165) is 31.7 Å². The molecule has 2 fully saturated rings. The Hall–Kier alpha value is -3.57. The Morgan fingerprint density at radius 3 is 2.49 bits per heavy atom. The number of aromatic nitrogens is 5. The molecule has 35 heavy (non-hydrogen) atoms. The number of carbonyl (C=O) groups is 1. The third kappa shape index (κ3) is 4.69. The normalized spacial score (nSPS) is 20.0. The van der Waals surface area contributed by atoms with Crippen molar-refractivity contribution in [2.75, 3.05) is 18.0 Å². The number of pyridine rings is 1. The van der Waals surface area contributed by atoms with Gasteiger partial charge in [0.25, 0.3) is 5.56 Å². The first-order chi connectivity index (χ1) is 16.8. The first-order valence-electron chi connectivity index (χ1n) is 11.6. The van der Waals surface area contributed by atoms with Crippen LogP contribution in [0.3, 0.4) is 0 Å². The highest BCUT2D eigenvalue weighted by Gasteiger charge is 2.43. The van der Waals surface area contributed by atoms with Gasteiger partial charge in [-0.1, -0.05) is 0 Å². The van der Waals surface area contributed by atoms with E-state index >= 15 is 0 Å². The Balaban J connectivity index is 1.15. The molecule has 2 bridgehead atoms. The number of piperazine rings is 1. The number of amides is 1. The van der Waals surface area contributed by atoms with E-state index in [1.807, 2.05) is 9.80 Å². The van der Waals surface area contributed by atoms with Crippen LogP contribution >= 0.6 is 0 Å². The number of halogens is 3. The molecule has 1 amide bonds. The van der Waals surface area contributed by atoms with Gasteiger partial charge in [0.1, 0.15) is 0 Å². The molecule has 0 saturated carbocycles. The number of aryl methyl sites for hydroxylation is 1. The van der Waals surface area contributed by atoms with Gasteiger partial charge in [-0.25, -0.2) is 15.1 Å². The van der Waals surface area contributed by atoms with Crippen LogP contribution in [0.2, 0.25) is 0 Å². The Labute approximate surface area is 198 Å². The average molecular weight is 487 g/mol. The summed E-state index contributed by atoms with van der Waals surface area (Å²) in [5.41, 5.74) is 0.141. The molecule has 0 radical (unpaired) electrons. The van der Waals surface area contributed by atoms with Crippen molar-refractivity contribution >= 4 is 22.8 Å². The van der Waals surface area contributed by atoms with E-state index in [4.69, 9.17) is 0 Å². The van der Waals surface area contributed by atoms with Crippen molar-refractivity contribution in [2.24, 2.45) is 0 Å². The average Bonchev–Trinajstić information content (AvgIpc) is 3.12. The van der Waals surface area contributed by atoms with Crippen molar-refractivity contribution in [1.82, 2.24) is 30.0 Å². The zero-order valence-electron chi connectivity index (χ0n) is 18.8. The summed E-state index contributed by atoms with van der Waals surface area (Å²) in [5, 5.41) is 7.13. The number of anilines is 1. The molecule has 2 aliphatic heterocycles. The number of unbranched alkanes of at least 4 members (excludes halogenated alkanes) is 1. The number of carbonyl (C=O) groups excluding carboxylic acids is 1. The van der Waals surface area contributed by atoms with Crippen molar-refractivity contribution in [3.05, 3.63) is 52.3 Å². The molecule has 9 nitrogen and oxygen atoms in total. The highest BCUT2D eigenvalue weighted by atomic mass is 19.4. The minimum Gasteiger partial charge on any atom is -0.337 e. The van der Waals surface area contributed by atoms with Gasteiger partial charge in [-0.3, -0.25) is 14.6 Å². The highest BCUT2D eigenvalue weighted by molar-refractivity contribution is 5.79. The lowest BCUT2D eigenvalue weighted by Crippen LogP contribution is -2.56. The first-order valence-corrected chi connectivity index (χ1v) is 11.6. The highest BCUT2D eigenvalue weighted by Crippen LogP contribution is 2.33. The van der Waals surface area contributed by atoms with Crippen molar-refractivity contribution in [3.8, 4) is 0 Å². The van der Waals surface area contributed by atoms with Crippen molar-refractivity contribution < 1.29 is 18.0 Å². The minimum atomic E-state index is -4.47. The second kappa shape index (κ2) is 9.23. The number of alkyl halides is 3. The zero-order valence-corrected chi connectivity index (χ0v) is 18.8. The molecule has 2 saturated heterocycles. The number of H-pyrrole nitrogens is 1. The van der Waals surface area contributed by atoms with Crippen LogP contribution in [0.1, 0.15) is 43.4 Å². The van der Waals surface area contributed by atoms with E-state index in [1.165, 1.54) is 0 Å². The van der Waals surface area contributed by atoms with Gasteiger partial charge in [0.2, 0.25) is 11.9 Å². The smallest absolute Gasteiger partial charge is 0.337 e. The maximum absolute atomic E-state index is 13.0. The summed E-state index contributed by atoms with van der Waals surface area (Å²) >= 11 is 0. The van der Waals surface area contributed by atoms with Gasteiger partial charge in [0.05, 0.1) is 22.2 Å². The number of rotatable bonds is 6. The maximum Gasteiger partial charge on any atom is 0.419 e. The van der Waals surface area contributed by atoms with E-state index in [0.29, 0.717) is 48.9 Å². The number of nitrogens with zero attached hydrogens (tertiary/aromatic N) is 6. The largest absolute Gasteiger partial charge is 0.419 e. The SMILES string of the molecule is O=C(CCCCc1n[nH]c(=O)c2cccnc12)N1C2CCC1CN(c1ncc(C(F)(F)F)cn1)C2. The topological polar surface area (TPSA) is 108 Å². The van der Waals surface area contributed by atoms with E-state index in [2.05, 4.69) is 25.1 Å². The van der Waals surface area contributed by atoms with E-state index < -0.39 is 11.7 Å². The summed E-state index contributed by atoms with van der Waals surface area (Å²) < 4.78 is 38.4. The van der Waals surface area contributed by atoms with Gasteiger partial charge >= 0.3 is 6.18 Å². The summed E-state index contributed by atoms with van der Waals surface area (Å²) in [4.78, 5) is 40.8. The summed E-state index contributed by atoms with van der Waals surface area (Å²) in [6.07, 6.45) is 2.87. The summed E-state index contributed by atoms with van der Waals surface area (Å²) in [5.74, 6) is 0.346. The minimum absolute atomic E-state index is 0.00107. The van der Waals surface area contributed by atoms with Crippen molar-refractivity contribution in [2.45, 2.75) is 56.8 Å². The molecule has 5 heterocycles. The Kier molecular flexibility index (Phi) is 6.12. The van der Waals surface area contributed by atoms with Gasteiger partial charge in [0.15, 0.2) is 0 Å². The molecule has 1 N–H and O–H groups in total. The third-order valence-electron chi connectivity index (χ3n) is 6.69. The lowest BCUT2D eigenvalue weighted by atomic mass is 10.1. The van der Waals surface area contributed by atoms with Crippen LogP contribution in [-0.4, -0.2) is 61.1 Å². The molecule has 0 spiro atoms. The van der Waals surface area contributed by atoms with E-state index in [9.17, 15) is 22.8 Å². The molecule has 2 unspecified atom stereocenters. The number of nitrogens with one attached hydrogen (secondary N) is 1. The monoisotopic (exact) mass is 487 g/mol. The number of fused-ring (bicyclic) bond motifs is 3. The fraction of sp³-hybridized carbons (Fsp3) is 0.478. The summed E-state index contributed by atoms with van der Waals surface area (Å²) in [6, 6.07) is 3.42. The van der Waals surface area contributed by atoms with Gasteiger partial charge in [-0.15, -0.1) is 0 Å². The van der Waals surface area contributed by atoms with Crippen LogP contribution in [0.5, 0.6) is 0 Å². The molecule has 5 rings (SSSR count). The zero-order chi connectivity index (χ0) is 24.6. The second-order valence-corrected chi connectivity index (χ2v) is 8.97. The molecule has 3 aromatic rings. The molecular formula is C23H24F3N7O2. The number of hydrogen-bond donors (Lipinski definition) is 1. The van der Waals surface area contributed by atoms with E-state index in [-0.39, 0.29) is 29.5 Å². The molecule has 2 aliphatic rings. The standard InChI is InChI=1S/C23H24F3N7O2/c24-23(25,26)14-10-28-22(29-11-14)32-12-15-7-8-16(13-32)33(15)19(34)6-2-1-5-18-20-17(4-3-9-27-20)21(35)31-30-18/h3-4,9-11,15-16H,1-2,5-8,12-13H2,(H,31,35). The van der Waals surface area contributed by atoms with Crippen molar-refractivity contribution in [3.63, 3.8) is 0 Å². The van der Waals surface area contributed by atoms with Gasteiger partial charge in [-0.05, 0) is 44.2 Å². The molecule has 0 aliphatic carbocycles. The Bertz CT molecular complexity index is 1260. The lowest BCUT2D eigenvalue weighted by molar-refractivity contribution is -0.138.